The van der Waals surface area contributed by atoms with Crippen molar-refractivity contribution in [2.45, 2.75) is 19.9 Å². The van der Waals surface area contributed by atoms with Crippen LogP contribution in [-0.4, -0.2) is 4.98 Å². The molecule has 0 aliphatic carbocycles. The van der Waals surface area contributed by atoms with E-state index in [1.807, 2.05) is 13.8 Å². The summed E-state index contributed by atoms with van der Waals surface area (Å²) in [5.41, 5.74) is 6.25. The molecule has 2 N–H and O–H groups in total. The Kier molecular flexibility index (Phi) is 2.76. The quantitative estimate of drug-likeness (QED) is 0.685. The molecule has 12 heavy (non-hydrogen) atoms. The van der Waals surface area contributed by atoms with Crippen LogP contribution in [0.1, 0.15) is 25.5 Å². The molecule has 2 nitrogen and oxygen atoms in total. The lowest BCUT2D eigenvalue weighted by molar-refractivity contribution is 0.472. The molecule has 1 atom stereocenters. The van der Waals surface area contributed by atoms with E-state index in [9.17, 15) is 4.39 Å². The van der Waals surface area contributed by atoms with Crippen molar-refractivity contribution in [3.8, 4) is 0 Å². The Balaban J connectivity index is 2.94. The van der Waals surface area contributed by atoms with Gasteiger partial charge in [-0.25, -0.2) is 4.98 Å². The molecular weight excluding hydrogens is 155 g/mol. The van der Waals surface area contributed by atoms with Crippen LogP contribution in [0.25, 0.3) is 0 Å². The monoisotopic (exact) mass is 168 g/mol. The molecule has 1 heterocycles. The van der Waals surface area contributed by atoms with Crippen LogP contribution in [0.4, 0.5) is 4.39 Å². The lowest BCUT2D eigenvalue weighted by Gasteiger charge is -2.15. The molecule has 66 valence electrons. The van der Waals surface area contributed by atoms with Gasteiger partial charge >= 0.3 is 0 Å². The summed E-state index contributed by atoms with van der Waals surface area (Å²) in [7, 11) is 0. The zero-order valence-corrected chi connectivity index (χ0v) is 7.29. The van der Waals surface area contributed by atoms with Crippen molar-refractivity contribution in [2.75, 3.05) is 0 Å². The van der Waals surface area contributed by atoms with E-state index in [1.54, 1.807) is 12.1 Å². The van der Waals surface area contributed by atoms with E-state index in [1.165, 1.54) is 6.20 Å². The van der Waals surface area contributed by atoms with Crippen molar-refractivity contribution in [1.82, 2.24) is 4.98 Å². The van der Waals surface area contributed by atoms with Crippen molar-refractivity contribution in [3.63, 3.8) is 0 Å². The van der Waals surface area contributed by atoms with Crippen LogP contribution in [0.15, 0.2) is 18.3 Å². The lowest BCUT2D eigenvalue weighted by atomic mass is 9.98. The van der Waals surface area contributed by atoms with E-state index in [-0.39, 0.29) is 12.0 Å². The first-order valence-corrected chi connectivity index (χ1v) is 3.99. The van der Waals surface area contributed by atoms with Crippen LogP contribution in [0.2, 0.25) is 0 Å². The third-order valence-electron chi connectivity index (χ3n) is 1.87. The predicted octanol–water partition coefficient (Wildman–Crippen LogP) is 1.88. The molecule has 1 rings (SSSR count). The van der Waals surface area contributed by atoms with Gasteiger partial charge in [0.2, 0.25) is 5.95 Å². The maximum Gasteiger partial charge on any atom is 0.217 e. The summed E-state index contributed by atoms with van der Waals surface area (Å²) in [5, 5.41) is 0. The summed E-state index contributed by atoms with van der Waals surface area (Å²) in [6.45, 7) is 3.91. The molecular formula is C9H13FN2. The molecule has 0 saturated heterocycles. The average Bonchev–Trinajstić information content (AvgIpc) is 2.04. The Morgan fingerprint density at radius 2 is 2.17 bits per heavy atom. The number of rotatable bonds is 2. The number of pyridine rings is 1. The zero-order valence-electron chi connectivity index (χ0n) is 7.29. The van der Waals surface area contributed by atoms with Crippen molar-refractivity contribution in [3.05, 3.63) is 29.8 Å². The fraction of sp³-hybridized carbons (Fsp3) is 0.444. The minimum atomic E-state index is -0.460. The fourth-order valence-electron chi connectivity index (χ4n) is 1.01. The van der Waals surface area contributed by atoms with Crippen LogP contribution in [-0.2, 0) is 0 Å². The molecule has 3 heteroatoms. The molecule has 0 amide bonds. The van der Waals surface area contributed by atoms with Gasteiger partial charge in [-0.1, -0.05) is 19.9 Å². The number of aromatic nitrogens is 1. The fourth-order valence-corrected chi connectivity index (χ4v) is 1.01. The summed E-state index contributed by atoms with van der Waals surface area (Å²) in [6.07, 6.45) is 1.42. The van der Waals surface area contributed by atoms with E-state index < -0.39 is 5.95 Å². The highest BCUT2D eigenvalue weighted by Crippen LogP contribution is 2.19. The highest BCUT2D eigenvalue weighted by atomic mass is 19.1. The number of nitrogens with two attached hydrogens (primary N) is 1. The van der Waals surface area contributed by atoms with Gasteiger partial charge in [-0.2, -0.15) is 4.39 Å². The molecule has 1 aromatic rings. The number of halogens is 1. The molecule has 0 aromatic carbocycles. The summed E-state index contributed by atoms with van der Waals surface area (Å²) < 4.78 is 13.0. The van der Waals surface area contributed by atoms with Gasteiger partial charge in [0.05, 0.1) is 0 Å². The Bertz CT molecular complexity index is 260. The minimum absolute atomic E-state index is 0.226. The topological polar surface area (TPSA) is 38.9 Å². The summed E-state index contributed by atoms with van der Waals surface area (Å²) in [5.74, 6) is -0.234. The van der Waals surface area contributed by atoms with Gasteiger partial charge in [-0.15, -0.1) is 0 Å². The van der Waals surface area contributed by atoms with Crippen LogP contribution < -0.4 is 5.73 Å². The summed E-state index contributed by atoms with van der Waals surface area (Å²) in [4.78, 5) is 3.54. The van der Waals surface area contributed by atoms with Crippen molar-refractivity contribution < 1.29 is 4.39 Å². The Hall–Kier alpha value is -0.960. The highest BCUT2D eigenvalue weighted by molar-refractivity contribution is 5.15. The first-order chi connectivity index (χ1) is 5.63. The molecule has 1 unspecified atom stereocenters. The van der Waals surface area contributed by atoms with Gasteiger partial charge in [0.1, 0.15) is 0 Å². The number of hydrogen-bond acceptors (Lipinski definition) is 2. The first-order valence-electron chi connectivity index (χ1n) is 3.99. The molecule has 0 spiro atoms. The van der Waals surface area contributed by atoms with Gasteiger partial charge in [0.15, 0.2) is 0 Å². The van der Waals surface area contributed by atoms with Gasteiger partial charge in [0, 0.05) is 17.8 Å². The first kappa shape index (κ1) is 9.13. The van der Waals surface area contributed by atoms with Crippen LogP contribution >= 0.6 is 0 Å². The summed E-state index contributed by atoms with van der Waals surface area (Å²) in [6, 6.07) is 3.10. The predicted molar refractivity (Wildman–Crippen MR) is 46.0 cm³/mol. The second-order valence-corrected chi connectivity index (χ2v) is 3.15. The van der Waals surface area contributed by atoms with Crippen LogP contribution in [0.5, 0.6) is 0 Å². The molecule has 0 saturated carbocycles. The van der Waals surface area contributed by atoms with E-state index >= 15 is 0 Å². The van der Waals surface area contributed by atoms with Crippen LogP contribution in [0.3, 0.4) is 0 Å². The van der Waals surface area contributed by atoms with E-state index in [0.717, 1.165) is 0 Å². The molecule has 0 radical (unpaired) electrons. The van der Waals surface area contributed by atoms with Crippen molar-refractivity contribution in [1.29, 1.82) is 0 Å². The van der Waals surface area contributed by atoms with Crippen molar-refractivity contribution in [2.24, 2.45) is 11.7 Å². The largest absolute Gasteiger partial charge is 0.324 e. The smallest absolute Gasteiger partial charge is 0.217 e. The van der Waals surface area contributed by atoms with E-state index in [0.29, 0.717) is 5.56 Å². The van der Waals surface area contributed by atoms with Gasteiger partial charge in [-0.3, -0.25) is 0 Å². The molecule has 0 aliphatic rings. The van der Waals surface area contributed by atoms with Gasteiger partial charge in [0.25, 0.3) is 0 Å². The maximum absolute atomic E-state index is 13.0. The zero-order chi connectivity index (χ0) is 9.14. The third-order valence-corrected chi connectivity index (χ3v) is 1.87. The number of nitrogens with zero attached hydrogens (tertiary/aromatic N) is 1. The Morgan fingerprint density at radius 1 is 1.50 bits per heavy atom. The van der Waals surface area contributed by atoms with Crippen molar-refractivity contribution >= 4 is 0 Å². The summed E-state index contributed by atoms with van der Waals surface area (Å²) >= 11 is 0. The molecule has 1 aromatic heterocycles. The maximum atomic E-state index is 13.0. The number of hydrogen-bond donors (Lipinski definition) is 1. The third kappa shape index (κ3) is 1.80. The Labute approximate surface area is 71.6 Å². The second kappa shape index (κ2) is 3.63. The highest BCUT2D eigenvalue weighted by Gasteiger charge is 2.14. The normalized spacial score (nSPS) is 13.4. The average molecular weight is 168 g/mol. The molecule has 0 bridgehead atoms. The minimum Gasteiger partial charge on any atom is -0.324 e. The Morgan fingerprint density at radius 3 is 2.67 bits per heavy atom. The molecule has 0 aliphatic heterocycles. The standard InChI is InChI=1S/C9H13FN2/c1-6(2)8(11)7-4-3-5-12-9(7)10/h3-6,8H,11H2,1-2H3. The SMILES string of the molecule is CC(C)C(N)c1cccnc1F. The molecule has 0 fully saturated rings. The van der Waals surface area contributed by atoms with Gasteiger partial charge < -0.3 is 5.73 Å². The lowest BCUT2D eigenvalue weighted by Crippen LogP contribution is -2.18. The van der Waals surface area contributed by atoms with Gasteiger partial charge in [-0.05, 0) is 12.0 Å². The van der Waals surface area contributed by atoms with E-state index in [2.05, 4.69) is 4.98 Å². The van der Waals surface area contributed by atoms with E-state index in [4.69, 9.17) is 5.73 Å². The van der Waals surface area contributed by atoms with Crippen LogP contribution in [0, 0.1) is 11.9 Å². The second-order valence-electron chi connectivity index (χ2n) is 3.15.